The summed E-state index contributed by atoms with van der Waals surface area (Å²) < 4.78 is 27.4. The van der Waals surface area contributed by atoms with Crippen molar-refractivity contribution in [2.24, 2.45) is 17.6 Å². The summed E-state index contributed by atoms with van der Waals surface area (Å²) in [4.78, 5) is 0. The number of nitrogens with two attached hydrogens (primary N) is 1. The lowest BCUT2D eigenvalue weighted by atomic mass is 10.2. The largest absolute Gasteiger partial charge is 0.387 e. The molecule has 0 aliphatic heterocycles. The van der Waals surface area contributed by atoms with Crippen molar-refractivity contribution in [1.29, 1.82) is 5.41 Å². The fraction of sp³-hybridized carbons (Fsp3) is 0.875. The predicted molar refractivity (Wildman–Crippen MR) is 60.8 cm³/mol. The van der Waals surface area contributed by atoms with Crippen molar-refractivity contribution >= 4 is 16.0 Å². The molecule has 0 amide bonds. The molecular weight excluding hydrogens is 216 g/mol. The van der Waals surface area contributed by atoms with Gasteiger partial charge in [-0.2, -0.15) is 8.42 Å². The van der Waals surface area contributed by atoms with Gasteiger partial charge in [-0.15, -0.1) is 0 Å². The zero-order chi connectivity index (χ0) is 12.1. The second kappa shape index (κ2) is 6.04. The van der Waals surface area contributed by atoms with Crippen LogP contribution < -0.4 is 15.2 Å². The molecule has 15 heavy (non-hydrogen) atoms. The number of nitrogens with one attached hydrogen (secondary N) is 3. The first-order valence-corrected chi connectivity index (χ1v) is 6.31. The van der Waals surface area contributed by atoms with E-state index in [1.54, 1.807) is 6.92 Å². The zero-order valence-corrected chi connectivity index (χ0v) is 10.2. The van der Waals surface area contributed by atoms with Gasteiger partial charge in [0.25, 0.3) is 10.2 Å². The summed E-state index contributed by atoms with van der Waals surface area (Å²) in [7, 11) is -3.46. The van der Waals surface area contributed by atoms with Crippen LogP contribution in [0.3, 0.4) is 0 Å². The van der Waals surface area contributed by atoms with Crippen molar-refractivity contribution in [3.05, 3.63) is 0 Å². The van der Waals surface area contributed by atoms with E-state index in [-0.39, 0.29) is 24.2 Å². The quantitative estimate of drug-likeness (QED) is 0.358. The molecule has 0 aromatic carbocycles. The maximum atomic E-state index is 11.3. The molecule has 0 aromatic rings. The molecule has 0 radical (unpaired) electrons. The highest BCUT2D eigenvalue weighted by Crippen LogP contribution is 1.93. The molecule has 0 aliphatic carbocycles. The van der Waals surface area contributed by atoms with E-state index in [2.05, 4.69) is 9.44 Å². The van der Waals surface area contributed by atoms with E-state index >= 15 is 0 Å². The zero-order valence-electron chi connectivity index (χ0n) is 9.37. The highest BCUT2D eigenvalue weighted by atomic mass is 32.2. The summed E-state index contributed by atoms with van der Waals surface area (Å²) in [6, 6.07) is 0. The van der Waals surface area contributed by atoms with Gasteiger partial charge >= 0.3 is 0 Å². The summed E-state index contributed by atoms with van der Waals surface area (Å²) in [6.07, 6.45) is 0. The molecule has 1 atom stereocenters. The summed E-state index contributed by atoms with van der Waals surface area (Å²) in [5.41, 5.74) is 5.22. The number of hydrogen-bond donors (Lipinski definition) is 4. The average molecular weight is 236 g/mol. The molecule has 0 spiro atoms. The van der Waals surface area contributed by atoms with Gasteiger partial charge in [0.1, 0.15) is 0 Å². The third-order valence-corrected chi connectivity index (χ3v) is 2.89. The normalized spacial score (nSPS) is 14.1. The van der Waals surface area contributed by atoms with Crippen LogP contribution >= 0.6 is 0 Å². The van der Waals surface area contributed by atoms with Crippen LogP contribution in [0, 0.1) is 17.2 Å². The summed E-state index contributed by atoms with van der Waals surface area (Å²) in [6.45, 7) is 6.06. The van der Waals surface area contributed by atoms with Crippen LogP contribution in [-0.4, -0.2) is 27.3 Å². The molecule has 0 heterocycles. The van der Waals surface area contributed by atoms with Crippen LogP contribution in [0.5, 0.6) is 0 Å². The van der Waals surface area contributed by atoms with Crippen molar-refractivity contribution in [3.8, 4) is 0 Å². The van der Waals surface area contributed by atoms with Crippen LogP contribution in [0.15, 0.2) is 0 Å². The molecule has 0 saturated heterocycles. The average Bonchev–Trinajstić information content (AvgIpc) is 2.11. The van der Waals surface area contributed by atoms with Gasteiger partial charge in [0.2, 0.25) is 0 Å². The molecule has 0 saturated carbocycles. The van der Waals surface area contributed by atoms with Gasteiger partial charge in [-0.25, -0.2) is 9.44 Å². The number of hydrogen-bond acceptors (Lipinski definition) is 3. The van der Waals surface area contributed by atoms with Crippen molar-refractivity contribution in [3.63, 3.8) is 0 Å². The first-order valence-electron chi connectivity index (χ1n) is 4.82. The van der Waals surface area contributed by atoms with Gasteiger partial charge in [-0.05, 0) is 5.92 Å². The standard InChI is InChI=1S/C8H20N4O2S/c1-6(2)4-11-15(13,14)12-5-7(3)8(9)10/h6-7,11-12H,4-5H2,1-3H3,(H3,9,10). The van der Waals surface area contributed by atoms with Crippen molar-refractivity contribution in [2.75, 3.05) is 13.1 Å². The van der Waals surface area contributed by atoms with E-state index in [1.165, 1.54) is 0 Å². The molecule has 0 rings (SSSR count). The molecule has 7 heteroatoms. The molecule has 1 unspecified atom stereocenters. The first kappa shape index (κ1) is 14.3. The van der Waals surface area contributed by atoms with Crippen molar-refractivity contribution < 1.29 is 8.42 Å². The number of amidine groups is 1. The molecule has 0 bridgehead atoms. The molecule has 90 valence electrons. The van der Waals surface area contributed by atoms with E-state index in [0.717, 1.165) is 0 Å². The second-order valence-electron chi connectivity index (χ2n) is 3.95. The minimum Gasteiger partial charge on any atom is -0.387 e. The Hall–Kier alpha value is -0.660. The van der Waals surface area contributed by atoms with E-state index in [4.69, 9.17) is 11.1 Å². The molecule has 6 nitrogen and oxygen atoms in total. The van der Waals surface area contributed by atoms with Crippen LogP contribution in [-0.2, 0) is 10.2 Å². The van der Waals surface area contributed by atoms with E-state index in [1.807, 2.05) is 13.8 Å². The SMILES string of the molecule is CC(C)CNS(=O)(=O)NCC(C)C(=N)N. The van der Waals surface area contributed by atoms with Gasteiger partial charge in [0.05, 0.1) is 5.84 Å². The summed E-state index contributed by atoms with van der Waals surface area (Å²) >= 11 is 0. The first-order chi connectivity index (χ1) is 6.74. The topological polar surface area (TPSA) is 108 Å². The highest BCUT2D eigenvalue weighted by molar-refractivity contribution is 7.87. The maximum absolute atomic E-state index is 11.3. The van der Waals surface area contributed by atoms with Crippen molar-refractivity contribution in [1.82, 2.24) is 9.44 Å². The third kappa shape index (κ3) is 7.29. The van der Waals surface area contributed by atoms with Crippen LogP contribution in [0.4, 0.5) is 0 Å². The Morgan fingerprint density at radius 2 is 1.73 bits per heavy atom. The third-order valence-electron chi connectivity index (χ3n) is 1.79. The van der Waals surface area contributed by atoms with E-state index < -0.39 is 10.2 Å². The van der Waals surface area contributed by atoms with Gasteiger partial charge in [0.15, 0.2) is 0 Å². The second-order valence-corrected chi connectivity index (χ2v) is 5.53. The maximum Gasteiger partial charge on any atom is 0.276 e. The van der Waals surface area contributed by atoms with Gasteiger partial charge < -0.3 is 5.73 Å². The van der Waals surface area contributed by atoms with Crippen LogP contribution in [0.2, 0.25) is 0 Å². The lowest BCUT2D eigenvalue weighted by Crippen LogP contribution is -2.42. The monoisotopic (exact) mass is 236 g/mol. The Labute approximate surface area is 91.3 Å². The molecule has 5 N–H and O–H groups in total. The van der Waals surface area contributed by atoms with Gasteiger partial charge in [-0.1, -0.05) is 20.8 Å². The molecule has 0 fully saturated rings. The molecule has 0 aromatic heterocycles. The van der Waals surface area contributed by atoms with Gasteiger partial charge in [-0.3, -0.25) is 5.41 Å². The highest BCUT2D eigenvalue weighted by Gasteiger charge is 2.12. The van der Waals surface area contributed by atoms with E-state index in [0.29, 0.717) is 6.54 Å². The Morgan fingerprint density at radius 3 is 2.13 bits per heavy atom. The Bertz CT molecular complexity index is 300. The minimum atomic E-state index is -3.46. The predicted octanol–water partition coefficient (Wildman–Crippen LogP) is -0.362. The fourth-order valence-corrected chi connectivity index (χ4v) is 1.80. The molecular formula is C8H20N4O2S. The Morgan fingerprint density at radius 1 is 1.27 bits per heavy atom. The molecule has 0 aliphatic rings. The van der Waals surface area contributed by atoms with E-state index in [9.17, 15) is 8.42 Å². The lowest BCUT2D eigenvalue weighted by molar-refractivity contribution is 0.542. The fourth-order valence-electron chi connectivity index (χ4n) is 0.672. The summed E-state index contributed by atoms with van der Waals surface area (Å²) in [5, 5.41) is 7.10. The van der Waals surface area contributed by atoms with Crippen LogP contribution in [0.25, 0.3) is 0 Å². The van der Waals surface area contributed by atoms with Crippen LogP contribution in [0.1, 0.15) is 20.8 Å². The van der Waals surface area contributed by atoms with Gasteiger partial charge in [0, 0.05) is 19.0 Å². The Kier molecular flexibility index (Phi) is 5.77. The smallest absolute Gasteiger partial charge is 0.276 e. The lowest BCUT2D eigenvalue weighted by Gasteiger charge is -2.13. The summed E-state index contributed by atoms with van der Waals surface area (Å²) in [5.74, 6) is -0.0611. The minimum absolute atomic E-state index is 0.0263. The van der Waals surface area contributed by atoms with Crippen molar-refractivity contribution in [2.45, 2.75) is 20.8 Å². The Balaban J connectivity index is 4.00. The number of rotatable bonds is 7.